The summed E-state index contributed by atoms with van der Waals surface area (Å²) in [6.45, 7) is 1.85. The number of phenolic OH excluding ortho intramolecular Hbond substituents is 2. The number of rotatable bonds is 15. The second-order valence-corrected chi connectivity index (χ2v) is 15.0. The van der Waals surface area contributed by atoms with Gasteiger partial charge in [0.2, 0.25) is 16.4 Å². The summed E-state index contributed by atoms with van der Waals surface area (Å²) >= 11 is 7.76. The van der Waals surface area contributed by atoms with Crippen LogP contribution in [0.4, 0.5) is 9.93 Å². The first-order valence-corrected chi connectivity index (χ1v) is 17.6. The predicted molar refractivity (Wildman–Crippen MR) is 186 cm³/mol. The molecule has 4 atom stereocenters. The predicted octanol–water partition coefficient (Wildman–Crippen LogP) is -0.758. The van der Waals surface area contributed by atoms with Crippen LogP contribution in [0, 0.1) is 0 Å². The highest BCUT2D eigenvalue weighted by atomic mass is 35.5. The van der Waals surface area contributed by atoms with E-state index < -0.39 is 87.4 Å². The number of nitrogen functional groups attached to an aromatic ring is 1. The summed E-state index contributed by atoms with van der Waals surface area (Å²) in [5, 5.41) is 49.5. The highest BCUT2D eigenvalue weighted by molar-refractivity contribution is 8.02. The van der Waals surface area contributed by atoms with Gasteiger partial charge in [0.15, 0.2) is 22.3 Å². The molecule has 1 aromatic carbocycles. The van der Waals surface area contributed by atoms with E-state index in [2.05, 4.69) is 26.2 Å². The van der Waals surface area contributed by atoms with Gasteiger partial charge < -0.3 is 51.3 Å². The van der Waals surface area contributed by atoms with Gasteiger partial charge in [0.05, 0.1) is 36.3 Å². The number of carboxylic acid groups (broad SMARTS) is 2. The van der Waals surface area contributed by atoms with Gasteiger partial charge in [0, 0.05) is 25.6 Å². The van der Waals surface area contributed by atoms with Gasteiger partial charge in [-0.3, -0.25) is 24.3 Å². The van der Waals surface area contributed by atoms with Crippen molar-refractivity contribution in [2.45, 2.75) is 41.8 Å². The van der Waals surface area contributed by atoms with Crippen LogP contribution in [0.1, 0.15) is 29.9 Å². The summed E-state index contributed by atoms with van der Waals surface area (Å²) < 4.78 is 5.18. The lowest BCUT2D eigenvalue weighted by Gasteiger charge is -2.41. The molecule has 3 saturated heterocycles. The number of halogens is 1. The lowest BCUT2D eigenvalue weighted by atomic mass is 10.1. The van der Waals surface area contributed by atoms with E-state index in [0.717, 1.165) is 39.1 Å². The monoisotopic (exact) mass is 799 g/mol. The van der Waals surface area contributed by atoms with Crippen molar-refractivity contribution >= 4 is 81.2 Å². The molecule has 0 saturated carbocycles. The standard InChI is InChI=1S/C29H34ClN9O12S2/c1-28(2,24(45)46)51-36-17(14-10-52-26(31)34-14)21(43)35-18-22(44)37-11-29(25(47)48,53-23(18)37)38-6-7-39(27(38)49)32-8-12(9-50-3)33-20(42)13-4-5-15(40)19(41)16(13)30/h4-5,10,12,18,23,32,40-41H,6-9,11H2,1-3H3,(H2,31,34)(H,33,42)(H,35,43)(H,45,46)(H,47,48)/b36-17-/t12?,18-,23-,29-/m1/s1. The molecule has 5 amide bonds. The number of nitrogens with zero attached hydrogens (tertiary/aromatic N) is 5. The number of nitrogens with one attached hydrogen (secondary N) is 3. The third kappa shape index (κ3) is 7.55. The summed E-state index contributed by atoms with van der Waals surface area (Å²) in [4.78, 5) is 86.9. The molecule has 0 bridgehead atoms. The number of aliphatic carboxylic acids is 2. The molecule has 1 aromatic heterocycles. The number of carbonyl (C=O) groups is 6. The number of urea groups is 1. The molecule has 53 heavy (non-hydrogen) atoms. The molecule has 3 fully saturated rings. The molecular weight excluding hydrogens is 766 g/mol. The molecule has 24 heteroatoms. The second-order valence-electron chi connectivity index (χ2n) is 12.3. The van der Waals surface area contributed by atoms with E-state index in [1.165, 1.54) is 37.3 Å². The van der Waals surface area contributed by atoms with Crippen LogP contribution in [0.5, 0.6) is 11.5 Å². The Kier molecular flexibility index (Phi) is 11.1. The quantitative estimate of drug-likeness (QED) is 0.0475. The second kappa shape index (κ2) is 15.1. The largest absolute Gasteiger partial charge is 0.504 e. The van der Waals surface area contributed by atoms with Crippen LogP contribution in [0.3, 0.4) is 0 Å². The number of ether oxygens (including phenoxy) is 1. The van der Waals surface area contributed by atoms with Crippen LogP contribution in [0.15, 0.2) is 22.7 Å². The Labute approximate surface area is 313 Å². The summed E-state index contributed by atoms with van der Waals surface area (Å²) in [5.74, 6) is -6.29. The van der Waals surface area contributed by atoms with E-state index in [1.54, 1.807) is 0 Å². The van der Waals surface area contributed by atoms with Gasteiger partial charge in [-0.05, 0) is 26.0 Å². The molecule has 3 aliphatic rings. The molecule has 1 unspecified atom stereocenters. The Morgan fingerprint density at radius 2 is 1.92 bits per heavy atom. The topological polar surface area (TPSA) is 299 Å². The molecule has 9 N–H and O–H groups in total. The Bertz CT molecular complexity index is 1880. The van der Waals surface area contributed by atoms with Gasteiger partial charge >= 0.3 is 18.0 Å². The Balaban J connectivity index is 1.25. The molecule has 5 rings (SSSR count). The van der Waals surface area contributed by atoms with Crippen molar-refractivity contribution in [3.8, 4) is 11.5 Å². The number of nitrogens with two attached hydrogens (primary N) is 1. The Hall–Kier alpha value is -5.10. The average molecular weight is 800 g/mol. The normalized spacial score (nSPS) is 22.0. The molecule has 4 heterocycles. The molecule has 0 aliphatic carbocycles. The maximum absolute atomic E-state index is 13.6. The van der Waals surface area contributed by atoms with E-state index in [0.29, 0.717) is 0 Å². The number of hydrogen-bond donors (Lipinski definition) is 8. The van der Waals surface area contributed by atoms with E-state index in [1.807, 2.05) is 0 Å². The van der Waals surface area contributed by atoms with Crippen molar-refractivity contribution in [1.29, 1.82) is 0 Å². The first-order chi connectivity index (χ1) is 24.9. The molecule has 0 radical (unpaired) electrons. The number of carbonyl (C=O) groups excluding carboxylic acids is 4. The number of thiazole rings is 1. The van der Waals surface area contributed by atoms with E-state index in [9.17, 15) is 49.2 Å². The minimum atomic E-state index is -1.94. The minimum Gasteiger partial charge on any atom is -0.504 e. The number of hydrazine groups is 1. The van der Waals surface area contributed by atoms with Crippen molar-refractivity contribution in [3.05, 3.63) is 33.8 Å². The number of hydrogen-bond acceptors (Lipinski definition) is 16. The number of amides is 5. The zero-order valence-corrected chi connectivity index (χ0v) is 30.5. The van der Waals surface area contributed by atoms with Crippen molar-refractivity contribution in [2.75, 3.05) is 45.6 Å². The molecular formula is C29H34ClN9O12S2. The fraction of sp³-hybridized carbons (Fsp3) is 0.448. The Morgan fingerprint density at radius 1 is 1.21 bits per heavy atom. The van der Waals surface area contributed by atoms with Gasteiger partial charge in [-0.15, -0.1) is 11.3 Å². The van der Waals surface area contributed by atoms with Gasteiger partial charge in [0.25, 0.3) is 11.8 Å². The number of aromatic nitrogens is 1. The average Bonchev–Trinajstić information content (AvgIpc) is 3.80. The van der Waals surface area contributed by atoms with Gasteiger partial charge in [0.1, 0.15) is 17.1 Å². The van der Waals surface area contributed by atoms with Crippen molar-refractivity contribution in [1.82, 2.24) is 35.9 Å². The van der Waals surface area contributed by atoms with Crippen LogP contribution < -0.4 is 21.8 Å². The van der Waals surface area contributed by atoms with Crippen LogP contribution in [0.25, 0.3) is 0 Å². The van der Waals surface area contributed by atoms with Crippen LogP contribution in [-0.4, -0.2) is 149 Å². The number of oxime groups is 1. The summed E-state index contributed by atoms with van der Waals surface area (Å²) in [6, 6.07) is -0.445. The zero-order valence-electron chi connectivity index (χ0n) is 28.1. The van der Waals surface area contributed by atoms with Gasteiger partial charge in [-0.25, -0.2) is 24.8 Å². The third-order valence-corrected chi connectivity index (χ3v) is 11.1. The third-order valence-electron chi connectivity index (χ3n) is 8.34. The summed E-state index contributed by atoms with van der Waals surface area (Å²) in [5.41, 5.74) is 6.07. The van der Waals surface area contributed by atoms with E-state index in [-0.39, 0.29) is 47.7 Å². The Morgan fingerprint density at radius 3 is 2.55 bits per heavy atom. The zero-order chi connectivity index (χ0) is 39.0. The molecule has 2 aromatic rings. The number of benzene rings is 1. The van der Waals surface area contributed by atoms with Crippen molar-refractivity contribution in [3.63, 3.8) is 0 Å². The number of β-lactam (4-membered cyclic amide) rings is 1. The summed E-state index contributed by atoms with van der Waals surface area (Å²) in [6.07, 6.45) is 0. The molecule has 21 nitrogen and oxygen atoms in total. The fourth-order valence-corrected chi connectivity index (χ4v) is 7.83. The number of methoxy groups -OCH3 is 1. The minimum absolute atomic E-state index is 0.0157. The number of fused-ring (bicyclic) bond motifs is 1. The first kappa shape index (κ1) is 39.1. The van der Waals surface area contributed by atoms with E-state index in [4.69, 9.17) is 26.9 Å². The highest BCUT2D eigenvalue weighted by Crippen LogP contribution is 2.49. The molecule has 3 aliphatic heterocycles. The van der Waals surface area contributed by atoms with Crippen molar-refractivity contribution < 1.29 is 58.8 Å². The number of thioether (sulfide) groups is 1. The first-order valence-electron chi connectivity index (χ1n) is 15.5. The highest BCUT2D eigenvalue weighted by Gasteiger charge is 2.66. The maximum Gasteiger partial charge on any atom is 0.350 e. The lowest BCUT2D eigenvalue weighted by Crippen LogP contribution is -2.68. The smallest absolute Gasteiger partial charge is 0.350 e. The van der Waals surface area contributed by atoms with Crippen LogP contribution >= 0.6 is 34.7 Å². The van der Waals surface area contributed by atoms with Crippen LogP contribution in [0.2, 0.25) is 5.02 Å². The number of anilines is 1. The van der Waals surface area contributed by atoms with Gasteiger partial charge in [-0.1, -0.05) is 28.5 Å². The molecule has 0 spiro atoms. The van der Waals surface area contributed by atoms with Crippen molar-refractivity contribution in [2.24, 2.45) is 5.16 Å². The maximum atomic E-state index is 13.6. The van der Waals surface area contributed by atoms with Gasteiger partial charge in [-0.2, -0.15) is 0 Å². The number of carboxylic acids is 2. The van der Waals surface area contributed by atoms with E-state index >= 15 is 0 Å². The van der Waals surface area contributed by atoms with Crippen LogP contribution in [-0.2, 0) is 28.8 Å². The SMILES string of the molecule is COCC(CNN1CCN([C@]2(C(=O)O)CN3C(=O)[C@@H](NC(=O)/C(=N\OC(C)(C)C(=O)O)c4csc(N)n4)[C@H]3S2)C1=O)NC(=O)c1ccc(O)c(O)c1Cl. The summed E-state index contributed by atoms with van der Waals surface area (Å²) in [7, 11) is 1.38. The molecule has 286 valence electrons. The lowest BCUT2D eigenvalue weighted by molar-refractivity contribution is -0.161. The number of phenols is 2. The fourth-order valence-electron chi connectivity index (χ4n) is 5.40. The number of aromatic hydroxyl groups is 2.